The molecule has 1 rings (SSSR count). The van der Waals surface area contributed by atoms with Crippen LogP contribution in [0, 0.1) is 0 Å². The summed E-state index contributed by atoms with van der Waals surface area (Å²) in [4.78, 5) is 18.1. The fourth-order valence-corrected chi connectivity index (χ4v) is 1.49. The molecule has 5 heteroatoms. The molecule has 1 atom stereocenters. The Bertz CT molecular complexity index is 113. The molecule has 1 aliphatic heterocycles. The Hall–Kier alpha value is -0.550. The van der Waals surface area contributed by atoms with Crippen LogP contribution < -0.4 is 5.32 Å². The number of aliphatic carboxylic acids is 1. The van der Waals surface area contributed by atoms with Crippen LogP contribution >= 0.6 is 11.8 Å². The molecular formula is C5H9NO3S. The molecule has 1 aliphatic rings. The highest BCUT2D eigenvalue weighted by Crippen LogP contribution is 2.08. The number of carbonyl (C=O) groups is 2. The minimum Gasteiger partial charge on any atom is -0.480 e. The summed E-state index contributed by atoms with van der Waals surface area (Å²) in [7, 11) is 0. The van der Waals surface area contributed by atoms with E-state index < -0.39 is 5.97 Å². The number of thioether (sulfide) groups is 1. The third kappa shape index (κ3) is 2.84. The van der Waals surface area contributed by atoms with Gasteiger partial charge in [-0.05, 0) is 0 Å². The molecule has 10 heavy (non-hydrogen) atoms. The maximum atomic E-state index is 10.1. The van der Waals surface area contributed by atoms with Crippen LogP contribution in [0.3, 0.4) is 0 Å². The number of hydrogen-bond acceptors (Lipinski definition) is 4. The Balaban J connectivity index is 0.000000371. The van der Waals surface area contributed by atoms with Crippen molar-refractivity contribution in [1.29, 1.82) is 0 Å². The maximum absolute atomic E-state index is 10.1. The van der Waals surface area contributed by atoms with Gasteiger partial charge in [0, 0.05) is 11.6 Å². The molecule has 4 nitrogen and oxygen atoms in total. The first-order chi connectivity index (χ1) is 4.80. The maximum Gasteiger partial charge on any atom is 0.321 e. The highest BCUT2D eigenvalue weighted by molar-refractivity contribution is 7.99. The number of hydrogen-bond donors (Lipinski definition) is 2. The third-order valence-corrected chi connectivity index (χ3v) is 1.95. The molecule has 0 aromatic carbocycles. The predicted molar refractivity (Wildman–Crippen MR) is 39.0 cm³/mol. The molecule has 2 N–H and O–H groups in total. The molecule has 0 bridgehead atoms. The van der Waals surface area contributed by atoms with Gasteiger partial charge < -0.3 is 9.90 Å². The van der Waals surface area contributed by atoms with Crippen LogP contribution in [0.4, 0.5) is 0 Å². The highest BCUT2D eigenvalue weighted by Gasteiger charge is 2.20. The van der Waals surface area contributed by atoms with E-state index in [1.807, 2.05) is 6.79 Å². The average molecular weight is 163 g/mol. The Morgan fingerprint density at radius 2 is 2.30 bits per heavy atom. The summed E-state index contributed by atoms with van der Waals surface area (Å²) >= 11 is 1.62. The van der Waals surface area contributed by atoms with Crippen molar-refractivity contribution in [1.82, 2.24) is 5.32 Å². The number of carboxylic acid groups (broad SMARTS) is 1. The molecule has 0 saturated carbocycles. The Morgan fingerprint density at radius 3 is 2.50 bits per heavy atom. The predicted octanol–water partition coefficient (Wildman–Crippen LogP) is -0.451. The van der Waals surface area contributed by atoms with E-state index in [9.17, 15) is 4.79 Å². The largest absolute Gasteiger partial charge is 0.480 e. The number of rotatable bonds is 1. The quantitative estimate of drug-likeness (QED) is 0.548. The summed E-state index contributed by atoms with van der Waals surface area (Å²) in [5, 5.41) is 11.2. The Labute approximate surface area is 63.0 Å². The van der Waals surface area contributed by atoms with Crippen LogP contribution in [-0.2, 0) is 9.59 Å². The second-order valence-electron chi connectivity index (χ2n) is 1.61. The fourth-order valence-electron chi connectivity index (χ4n) is 0.554. The van der Waals surface area contributed by atoms with Gasteiger partial charge in [-0.2, -0.15) is 0 Å². The SMILES string of the molecule is C=O.O=C(O)C1CSCN1. The summed E-state index contributed by atoms with van der Waals surface area (Å²) in [5.41, 5.74) is 0. The van der Waals surface area contributed by atoms with Gasteiger partial charge in [-0.3, -0.25) is 10.1 Å². The summed E-state index contributed by atoms with van der Waals surface area (Å²) in [6.45, 7) is 2.00. The van der Waals surface area contributed by atoms with Gasteiger partial charge >= 0.3 is 5.97 Å². The van der Waals surface area contributed by atoms with Gasteiger partial charge in [-0.15, -0.1) is 11.8 Å². The van der Waals surface area contributed by atoms with Crippen LogP contribution in [0.1, 0.15) is 0 Å². The monoisotopic (exact) mass is 163 g/mol. The van der Waals surface area contributed by atoms with Gasteiger partial charge in [0.15, 0.2) is 0 Å². The molecule has 0 amide bonds. The van der Waals surface area contributed by atoms with E-state index in [-0.39, 0.29) is 6.04 Å². The van der Waals surface area contributed by atoms with Crippen molar-refractivity contribution in [3.05, 3.63) is 0 Å². The molecule has 0 aromatic heterocycles. The Kier molecular flexibility index (Phi) is 4.96. The zero-order valence-electron chi connectivity index (χ0n) is 5.37. The summed E-state index contributed by atoms with van der Waals surface area (Å²) < 4.78 is 0. The molecule has 1 saturated heterocycles. The lowest BCUT2D eigenvalue weighted by Crippen LogP contribution is -2.32. The molecule has 58 valence electrons. The van der Waals surface area contributed by atoms with Gasteiger partial charge in [0.1, 0.15) is 12.8 Å². The van der Waals surface area contributed by atoms with E-state index in [2.05, 4.69) is 5.32 Å². The van der Waals surface area contributed by atoms with Crippen molar-refractivity contribution >= 4 is 24.5 Å². The van der Waals surface area contributed by atoms with Crippen LogP contribution in [-0.4, -0.2) is 35.5 Å². The van der Waals surface area contributed by atoms with Crippen molar-refractivity contribution in [2.75, 3.05) is 11.6 Å². The second-order valence-corrected chi connectivity index (χ2v) is 2.64. The summed E-state index contributed by atoms with van der Waals surface area (Å²) in [6, 6.07) is -0.306. The number of nitrogens with one attached hydrogen (secondary N) is 1. The fraction of sp³-hybridized carbons (Fsp3) is 0.600. The molecular weight excluding hydrogens is 154 g/mol. The van der Waals surface area contributed by atoms with Crippen LogP contribution in [0.15, 0.2) is 0 Å². The van der Waals surface area contributed by atoms with Gasteiger partial charge in [-0.25, -0.2) is 0 Å². The van der Waals surface area contributed by atoms with Gasteiger partial charge in [-0.1, -0.05) is 0 Å². The lowest BCUT2D eigenvalue weighted by Gasteiger charge is -1.98. The first-order valence-electron chi connectivity index (χ1n) is 2.63. The molecule has 0 radical (unpaired) electrons. The van der Waals surface area contributed by atoms with E-state index in [4.69, 9.17) is 9.90 Å². The summed E-state index contributed by atoms with van der Waals surface area (Å²) in [6.07, 6.45) is 0. The second kappa shape index (κ2) is 5.25. The van der Waals surface area contributed by atoms with Crippen molar-refractivity contribution in [3.63, 3.8) is 0 Å². The topological polar surface area (TPSA) is 66.4 Å². The van der Waals surface area contributed by atoms with E-state index in [1.54, 1.807) is 11.8 Å². The first kappa shape index (κ1) is 9.45. The van der Waals surface area contributed by atoms with Crippen LogP contribution in [0.2, 0.25) is 0 Å². The van der Waals surface area contributed by atoms with Gasteiger partial charge in [0.2, 0.25) is 0 Å². The molecule has 0 aliphatic carbocycles. The van der Waals surface area contributed by atoms with E-state index in [0.717, 1.165) is 5.88 Å². The zero-order valence-corrected chi connectivity index (χ0v) is 6.19. The highest BCUT2D eigenvalue weighted by atomic mass is 32.2. The van der Waals surface area contributed by atoms with E-state index in [1.165, 1.54) is 0 Å². The first-order valence-corrected chi connectivity index (χ1v) is 3.79. The number of carboxylic acids is 1. The normalized spacial score (nSPS) is 23.0. The minimum atomic E-state index is -0.741. The zero-order chi connectivity index (χ0) is 7.98. The molecule has 1 heterocycles. The average Bonchev–Trinajstić information content (AvgIpc) is 2.42. The van der Waals surface area contributed by atoms with E-state index in [0.29, 0.717) is 5.75 Å². The van der Waals surface area contributed by atoms with Crippen molar-refractivity contribution in [2.24, 2.45) is 0 Å². The minimum absolute atomic E-state index is 0.306. The lowest BCUT2D eigenvalue weighted by molar-refractivity contribution is -0.138. The van der Waals surface area contributed by atoms with Crippen LogP contribution in [0.5, 0.6) is 0 Å². The van der Waals surface area contributed by atoms with Crippen molar-refractivity contribution in [2.45, 2.75) is 6.04 Å². The van der Waals surface area contributed by atoms with Crippen molar-refractivity contribution < 1.29 is 14.7 Å². The van der Waals surface area contributed by atoms with Crippen molar-refractivity contribution in [3.8, 4) is 0 Å². The Morgan fingerprint density at radius 1 is 1.70 bits per heavy atom. The lowest BCUT2D eigenvalue weighted by atomic mass is 10.4. The standard InChI is InChI=1S/C4H7NO2S.CH2O/c6-4(7)3-1-8-2-5-3;1-2/h3,5H,1-2H2,(H,6,7);1H2. The molecule has 0 aromatic rings. The van der Waals surface area contributed by atoms with Gasteiger partial charge in [0.25, 0.3) is 0 Å². The molecule has 0 spiro atoms. The summed E-state index contributed by atoms with van der Waals surface area (Å²) in [5.74, 6) is 0.738. The molecule has 1 unspecified atom stereocenters. The number of carbonyl (C=O) groups excluding carboxylic acids is 1. The molecule has 1 fully saturated rings. The third-order valence-electron chi connectivity index (χ3n) is 1.01. The van der Waals surface area contributed by atoms with Crippen LogP contribution in [0.25, 0.3) is 0 Å². The smallest absolute Gasteiger partial charge is 0.321 e. The van der Waals surface area contributed by atoms with E-state index >= 15 is 0 Å². The van der Waals surface area contributed by atoms with Gasteiger partial charge in [0.05, 0.1) is 0 Å².